The summed E-state index contributed by atoms with van der Waals surface area (Å²) in [6.45, 7) is 0. The van der Waals surface area contributed by atoms with E-state index in [1.165, 1.54) is 30.3 Å². The van der Waals surface area contributed by atoms with Crippen LogP contribution in [0.4, 0.5) is 0 Å². The van der Waals surface area contributed by atoms with E-state index >= 15 is 0 Å². The van der Waals surface area contributed by atoms with Crippen LogP contribution >= 0.6 is 12.0 Å². The highest BCUT2D eigenvalue weighted by atomic mass is 32.2. The molecule has 0 fully saturated rings. The van der Waals surface area contributed by atoms with Crippen molar-refractivity contribution in [2.24, 2.45) is 0 Å². The smallest absolute Gasteiger partial charge is 0.294 e. The van der Waals surface area contributed by atoms with Crippen molar-refractivity contribution >= 4 is 43.6 Å². The summed E-state index contributed by atoms with van der Waals surface area (Å²) >= 11 is 0.557. The number of sulfone groups is 1. The van der Waals surface area contributed by atoms with Crippen LogP contribution in [0.25, 0.3) is 0 Å². The third kappa shape index (κ3) is 6.47. The number of phenols is 2. The highest BCUT2D eigenvalue weighted by molar-refractivity contribution is 7.94. The zero-order valence-electron chi connectivity index (χ0n) is 20.4. The second-order valence-electron chi connectivity index (χ2n) is 8.28. The Balaban J connectivity index is 1.85. The summed E-state index contributed by atoms with van der Waals surface area (Å²) in [5, 5.41) is 32.0. The van der Waals surface area contributed by atoms with Gasteiger partial charge in [0, 0.05) is 27.1 Å². The average Bonchev–Trinajstić information content (AvgIpc) is 2.94. The molecule has 0 spiro atoms. The van der Waals surface area contributed by atoms with Crippen molar-refractivity contribution in [3.05, 3.63) is 107 Å². The van der Waals surface area contributed by atoms with Gasteiger partial charge in [0.05, 0.1) is 26.7 Å². The first-order valence-corrected chi connectivity index (χ1v) is 14.8. The van der Waals surface area contributed by atoms with Crippen molar-refractivity contribution in [3.63, 3.8) is 0 Å². The Kier molecular flexibility index (Phi) is 8.60. The van der Waals surface area contributed by atoms with Gasteiger partial charge in [-0.05, 0) is 60.7 Å². The standard InChI is InChI=1S/C26H18O12S3/c27-17-7-9-23(21(13-17)25(29)15-3-1-5-19(11-15)39-38-37-31)40(32,33)24-10-8-18(28)14-22(24)26(30)16-4-2-6-20(12-16)41(34,35)36/h1-14,27-28,31H,(H,34,35,36). The number of carbonyl (C=O) groups excluding carboxylic acids is 2. The van der Waals surface area contributed by atoms with Crippen molar-refractivity contribution < 1.29 is 55.8 Å². The van der Waals surface area contributed by atoms with Crippen LogP contribution in [0, 0.1) is 0 Å². The molecule has 12 nitrogen and oxygen atoms in total. The molecular weight excluding hydrogens is 600 g/mol. The molecule has 0 atom stereocenters. The number of ketones is 2. The maximum absolute atomic E-state index is 13.9. The van der Waals surface area contributed by atoms with Gasteiger partial charge in [-0.1, -0.05) is 29.3 Å². The van der Waals surface area contributed by atoms with Crippen LogP contribution in [0.3, 0.4) is 0 Å². The molecule has 0 aliphatic rings. The lowest BCUT2D eigenvalue weighted by Crippen LogP contribution is -2.15. The Hall–Kier alpha value is -4.09. The number of rotatable bonds is 10. The molecule has 0 heterocycles. The highest BCUT2D eigenvalue weighted by Crippen LogP contribution is 2.33. The largest absolute Gasteiger partial charge is 0.508 e. The maximum Gasteiger partial charge on any atom is 0.294 e. The molecule has 0 bridgehead atoms. The van der Waals surface area contributed by atoms with Gasteiger partial charge >= 0.3 is 0 Å². The van der Waals surface area contributed by atoms with E-state index in [4.69, 9.17) is 5.26 Å². The van der Waals surface area contributed by atoms with Gasteiger partial charge in [-0.3, -0.25) is 14.1 Å². The van der Waals surface area contributed by atoms with E-state index in [9.17, 15) is 41.2 Å². The summed E-state index contributed by atoms with van der Waals surface area (Å²) < 4.78 is 64.7. The molecule has 4 aromatic carbocycles. The molecule has 0 aliphatic heterocycles. The van der Waals surface area contributed by atoms with E-state index in [1.807, 2.05) is 0 Å². The molecule has 212 valence electrons. The van der Waals surface area contributed by atoms with Gasteiger partial charge in [0.25, 0.3) is 10.1 Å². The van der Waals surface area contributed by atoms with Gasteiger partial charge < -0.3 is 10.2 Å². The third-order valence-electron chi connectivity index (χ3n) is 5.65. The fraction of sp³-hybridized carbons (Fsp3) is 0. The van der Waals surface area contributed by atoms with E-state index in [0.29, 0.717) is 16.9 Å². The minimum Gasteiger partial charge on any atom is -0.508 e. The fourth-order valence-corrected chi connectivity index (χ4v) is 6.39. The van der Waals surface area contributed by atoms with Crippen LogP contribution in [0.2, 0.25) is 0 Å². The lowest BCUT2D eigenvalue weighted by Gasteiger charge is -2.14. The van der Waals surface area contributed by atoms with E-state index < -0.39 is 68.8 Å². The Labute approximate surface area is 237 Å². The number of aromatic hydroxyl groups is 2. The van der Waals surface area contributed by atoms with Crippen molar-refractivity contribution in [2.45, 2.75) is 19.6 Å². The summed E-state index contributed by atoms with van der Waals surface area (Å²) in [6, 6.07) is 15.6. The molecule has 0 saturated heterocycles. The van der Waals surface area contributed by atoms with Crippen LogP contribution in [-0.4, -0.2) is 48.4 Å². The minimum absolute atomic E-state index is 0.0253. The highest BCUT2D eigenvalue weighted by Gasteiger charge is 2.30. The molecule has 0 radical (unpaired) electrons. The number of phenolic OH excluding ortho intramolecular Hbond substituents is 2. The molecule has 4 N–H and O–H groups in total. The third-order valence-corrected chi connectivity index (χ3v) is 8.94. The lowest BCUT2D eigenvalue weighted by atomic mass is 10.0. The SMILES string of the molecule is O=C(c1cccc(SOOO)c1)c1cc(O)ccc1S(=O)(=O)c1ccc(O)cc1C(=O)c1cccc(S(=O)(=O)O)c1. The van der Waals surface area contributed by atoms with Crippen molar-refractivity contribution in [2.75, 3.05) is 0 Å². The molecule has 15 heteroatoms. The minimum atomic E-state index is -4.72. The van der Waals surface area contributed by atoms with E-state index in [-0.39, 0.29) is 11.1 Å². The van der Waals surface area contributed by atoms with Crippen LogP contribution in [0.1, 0.15) is 31.8 Å². The molecular formula is C26H18O12S3. The number of benzene rings is 4. The van der Waals surface area contributed by atoms with Crippen LogP contribution < -0.4 is 0 Å². The first-order valence-electron chi connectivity index (χ1n) is 11.2. The topological polar surface area (TPSA) is 202 Å². The van der Waals surface area contributed by atoms with Gasteiger partial charge in [0.15, 0.2) is 11.6 Å². The van der Waals surface area contributed by atoms with Gasteiger partial charge in [0.2, 0.25) is 9.84 Å². The molecule has 0 unspecified atom stereocenters. The molecule has 0 aromatic heterocycles. The number of hydrogen-bond acceptors (Lipinski definition) is 12. The normalized spacial score (nSPS) is 11.8. The Morgan fingerprint density at radius 1 is 0.683 bits per heavy atom. The van der Waals surface area contributed by atoms with Crippen LogP contribution in [0.15, 0.2) is 105 Å². The first-order chi connectivity index (χ1) is 19.3. The summed E-state index contributed by atoms with van der Waals surface area (Å²) in [6.07, 6.45) is 0. The fourth-order valence-electron chi connectivity index (χ4n) is 3.83. The summed E-state index contributed by atoms with van der Waals surface area (Å²) in [7, 11) is -9.41. The number of hydrogen-bond donors (Lipinski definition) is 4. The number of carbonyl (C=O) groups is 2. The molecule has 0 aliphatic carbocycles. The average molecular weight is 619 g/mol. The van der Waals surface area contributed by atoms with E-state index in [2.05, 4.69) is 9.37 Å². The quantitative estimate of drug-likeness (QED) is 0.0652. The predicted octanol–water partition coefficient (Wildman–Crippen LogP) is 4.07. The Morgan fingerprint density at radius 3 is 1.71 bits per heavy atom. The summed E-state index contributed by atoms with van der Waals surface area (Å²) in [5.41, 5.74) is -1.34. The molecule has 4 aromatic rings. The van der Waals surface area contributed by atoms with Crippen molar-refractivity contribution in [1.82, 2.24) is 0 Å². The van der Waals surface area contributed by atoms with Gasteiger partial charge in [0.1, 0.15) is 11.5 Å². The summed E-state index contributed by atoms with van der Waals surface area (Å²) in [5.74, 6) is -2.76. The molecule has 41 heavy (non-hydrogen) atoms. The first kappa shape index (κ1) is 29.9. The zero-order valence-corrected chi connectivity index (χ0v) is 22.8. The van der Waals surface area contributed by atoms with E-state index in [0.717, 1.165) is 54.6 Å². The van der Waals surface area contributed by atoms with Crippen molar-refractivity contribution in [1.29, 1.82) is 0 Å². The molecule has 0 saturated carbocycles. The lowest BCUT2D eigenvalue weighted by molar-refractivity contribution is -0.432. The van der Waals surface area contributed by atoms with Crippen LogP contribution in [0.5, 0.6) is 11.5 Å². The predicted molar refractivity (Wildman–Crippen MR) is 142 cm³/mol. The van der Waals surface area contributed by atoms with E-state index in [1.54, 1.807) is 0 Å². The second kappa shape index (κ2) is 11.8. The van der Waals surface area contributed by atoms with Crippen LogP contribution in [-0.2, 0) is 29.3 Å². The monoisotopic (exact) mass is 618 g/mol. The maximum atomic E-state index is 13.9. The zero-order chi connectivity index (χ0) is 29.9. The Morgan fingerprint density at radius 2 is 1.20 bits per heavy atom. The summed E-state index contributed by atoms with van der Waals surface area (Å²) in [4.78, 5) is 25.3. The molecule has 0 amide bonds. The van der Waals surface area contributed by atoms with Gasteiger partial charge in [-0.25, -0.2) is 13.7 Å². The molecule has 4 rings (SSSR count). The van der Waals surface area contributed by atoms with Gasteiger partial charge in [-0.15, -0.1) is 4.33 Å². The van der Waals surface area contributed by atoms with Crippen molar-refractivity contribution in [3.8, 4) is 11.5 Å². The second-order valence-corrected chi connectivity index (χ2v) is 12.4. The Bertz CT molecular complexity index is 1880. The van der Waals surface area contributed by atoms with Gasteiger partial charge in [-0.2, -0.15) is 8.42 Å².